The summed E-state index contributed by atoms with van der Waals surface area (Å²) in [5.41, 5.74) is 4.45. The lowest BCUT2D eigenvalue weighted by atomic mass is 9.84. The molecular formula is C17H21N3O. The normalized spacial score (nSPS) is 18.3. The van der Waals surface area contributed by atoms with E-state index in [1.54, 1.807) is 12.5 Å². The second kappa shape index (κ2) is 5.17. The van der Waals surface area contributed by atoms with E-state index in [9.17, 15) is 4.79 Å². The van der Waals surface area contributed by atoms with Gasteiger partial charge in [-0.1, -0.05) is 6.42 Å². The highest BCUT2D eigenvalue weighted by atomic mass is 16.1. The van der Waals surface area contributed by atoms with Gasteiger partial charge in [-0.15, -0.1) is 0 Å². The Bertz CT molecular complexity index is 696. The molecule has 1 fully saturated rings. The lowest BCUT2D eigenvalue weighted by molar-refractivity contribution is 0.269. The minimum atomic E-state index is 0.159. The first-order valence-corrected chi connectivity index (χ1v) is 8.07. The first kappa shape index (κ1) is 12.9. The number of nitrogens with zero attached hydrogens (tertiary/aromatic N) is 2. The van der Waals surface area contributed by atoms with Gasteiger partial charge in [-0.3, -0.25) is 4.79 Å². The molecule has 2 aliphatic carbocycles. The molecule has 2 aromatic heterocycles. The molecule has 0 atom stereocenters. The van der Waals surface area contributed by atoms with Crippen LogP contribution < -0.4 is 5.56 Å². The van der Waals surface area contributed by atoms with Gasteiger partial charge in [-0.25, -0.2) is 4.98 Å². The predicted octanol–water partition coefficient (Wildman–Crippen LogP) is 2.92. The molecule has 2 aromatic rings. The fraction of sp³-hybridized carbons (Fsp3) is 0.529. The number of hydrogen-bond donors (Lipinski definition) is 1. The van der Waals surface area contributed by atoms with Crippen LogP contribution in [-0.4, -0.2) is 14.5 Å². The SMILES string of the molecule is O=c1c(-c2cnc[nH]2)cc2c(n1CC1CCC1)CCCC2. The minimum Gasteiger partial charge on any atom is -0.344 e. The maximum Gasteiger partial charge on any atom is 0.260 e. The molecule has 4 rings (SSSR count). The molecule has 110 valence electrons. The van der Waals surface area contributed by atoms with Gasteiger partial charge in [0.15, 0.2) is 0 Å². The molecule has 4 heteroatoms. The van der Waals surface area contributed by atoms with Gasteiger partial charge in [0.1, 0.15) is 0 Å². The van der Waals surface area contributed by atoms with Gasteiger partial charge in [-0.05, 0) is 56.1 Å². The van der Waals surface area contributed by atoms with E-state index in [1.807, 2.05) is 0 Å². The van der Waals surface area contributed by atoms with Gasteiger partial charge in [0.05, 0.1) is 23.8 Å². The van der Waals surface area contributed by atoms with E-state index < -0.39 is 0 Å². The Morgan fingerprint density at radius 3 is 2.81 bits per heavy atom. The van der Waals surface area contributed by atoms with E-state index in [1.165, 1.54) is 43.4 Å². The van der Waals surface area contributed by atoms with Gasteiger partial charge in [0, 0.05) is 12.2 Å². The summed E-state index contributed by atoms with van der Waals surface area (Å²) in [7, 11) is 0. The van der Waals surface area contributed by atoms with E-state index in [4.69, 9.17) is 0 Å². The minimum absolute atomic E-state index is 0.159. The molecule has 0 unspecified atom stereocenters. The lowest BCUT2D eigenvalue weighted by Crippen LogP contribution is -2.32. The van der Waals surface area contributed by atoms with Crippen LogP contribution in [0.3, 0.4) is 0 Å². The topological polar surface area (TPSA) is 50.7 Å². The summed E-state index contributed by atoms with van der Waals surface area (Å²) in [6.45, 7) is 0.906. The number of aromatic nitrogens is 3. The first-order valence-electron chi connectivity index (χ1n) is 8.07. The van der Waals surface area contributed by atoms with Crippen molar-refractivity contribution >= 4 is 0 Å². The average Bonchev–Trinajstić information content (AvgIpc) is 2.98. The third-order valence-corrected chi connectivity index (χ3v) is 5.05. The summed E-state index contributed by atoms with van der Waals surface area (Å²) < 4.78 is 2.08. The van der Waals surface area contributed by atoms with Gasteiger partial charge < -0.3 is 9.55 Å². The van der Waals surface area contributed by atoms with Crippen molar-refractivity contribution in [2.24, 2.45) is 5.92 Å². The molecule has 0 spiro atoms. The summed E-state index contributed by atoms with van der Waals surface area (Å²) in [6, 6.07) is 2.10. The molecule has 0 aliphatic heterocycles. The third-order valence-electron chi connectivity index (χ3n) is 5.05. The highest BCUT2D eigenvalue weighted by Crippen LogP contribution is 2.30. The van der Waals surface area contributed by atoms with Gasteiger partial charge in [-0.2, -0.15) is 0 Å². The number of aromatic amines is 1. The van der Waals surface area contributed by atoms with E-state index >= 15 is 0 Å². The number of fused-ring (bicyclic) bond motifs is 1. The maximum atomic E-state index is 12.9. The Labute approximate surface area is 124 Å². The Balaban J connectivity index is 1.85. The molecule has 4 nitrogen and oxygen atoms in total. The molecule has 0 radical (unpaired) electrons. The Hall–Kier alpha value is -1.84. The van der Waals surface area contributed by atoms with Gasteiger partial charge >= 0.3 is 0 Å². The lowest BCUT2D eigenvalue weighted by Gasteiger charge is -2.29. The van der Waals surface area contributed by atoms with Crippen LogP contribution in [0.2, 0.25) is 0 Å². The van der Waals surface area contributed by atoms with Crippen molar-refractivity contribution < 1.29 is 0 Å². The fourth-order valence-corrected chi connectivity index (χ4v) is 3.60. The Morgan fingerprint density at radius 1 is 1.24 bits per heavy atom. The number of H-pyrrole nitrogens is 1. The zero-order chi connectivity index (χ0) is 14.2. The first-order chi connectivity index (χ1) is 10.3. The quantitative estimate of drug-likeness (QED) is 0.941. The molecule has 21 heavy (non-hydrogen) atoms. The Kier molecular flexibility index (Phi) is 3.17. The van der Waals surface area contributed by atoms with Crippen LogP contribution in [-0.2, 0) is 19.4 Å². The molecule has 0 amide bonds. The number of aryl methyl sites for hydroxylation is 1. The van der Waals surface area contributed by atoms with Crippen LogP contribution in [0.5, 0.6) is 0 Å². The summed E-state index contributed by atoms with van der Waals surface area (Å²) in [5, 5.41) is 0. The monoisotopic (exact) mass is 283 g/mol. The van der Waals surface area contributed by atoms with Crippen molar-refractivity contribution in [2.45, 2.75) is 51.5 Å². The van der Waals surface area contributed by atoms with Crippen LogP contribution >= 0.6 is 0 Å². The molecule has 0 bridgehead atoms. The summed E-state index contributed by atoms with van der Waals surface area (Å²) in [5.74, 6) is 0.700. The third kappa shape index (κ3) is 2.23. The fourth-order valence-electron chi connectivity index (χ4n) is 3.60. The largest absolute Gasteiger partial charge is 0.344 e. The second-order valence-corrected chi connectivity index (χ2v) is 6.42. The van der Waals surface area contributed by atoms with Crippen molar-refractivity contribution in [3.05, 3.63) is 40.2 Å². The van der Waals surface area contributed by atoms with Crippen molar-refractivity contribution in [1.29, 1.82) is 0 Å². The Morgan fingerprint density at radius 2 is 2.10 bits per heavy atom. The van der Waals surface area contributed by atoms with Gasteiger partial charge in [0.25, 0.3) is 5.56 Å². The van der Waals surface area contributed by atoms with Crippen molar-refractivity contribution in [3.8, 4) is 11.3 Å². The van der Waals surface area contributed by atoms with E-state index in [0.717, 1.165) is 30.6 Å². The highest BCUT2D eigenvalue weighted by Gasteiger charge is 2.23. The van der Waals surface area contributed by atoms with Crippen molar-refractivity contribution in [3.63, 3.8) is 0 Å². The number of imidazole rings is 1. The summed E-state index contributed by atoms with van der Waals surface area (Å²) in [4.78, 5) is 20.1. The highest BCUT2D eigenvalue weighted by molar-refractivity contribution is 5.58. The van der Waals surface area contributed by atoms with Crippen LogP contribution in [0, 0.1) is 5.92 Å². The van der Waals surface area contributed by atoms with E-state index in [2.05, 4.69) is 20.6 Å². The second-order valence-electron chi connectivity index (χ2n) is 6.42. The van der Waals surface area contributed by atoms with Crippen molar-refractivity contribution in [1.82, 2.24) is 14.5 Å². The summed E-state index contributed by atoms with van der Waals surface area (Å²) in [6.07, 6.45) is 11.9. The number of nitrogens with one attached hydrogen (secondary N) is 1. The van der Waals surface area contributed by atoms with Gasteiger partial charge in [0.2, 0.25) is 0 Å². The van der Waals surface area contributed by atoms with E-state index in [-0.39, 0.29) is 5.56 Å². The van der Waals surface area contributed by atoms with Crippen LogP contribution in [0.1, 0.15) is 43.4 Å². The van der Waals surface area contributed by atoms with E-state index in [0.29, 0.717) is 5.92 Å². The maximum absolute atomic E-state index is 12.9. The smallest absolute Gasteiger partial charge is 0.260 e. The molecule has 1 saturated carbocycles. The zero-order valence-corrected chi connectivity index (χ0v) is 12.3. The zero-order valence-electron chi connectivity index (χ0n) is 12.3. The van der Waals surface area contributed by atoms with Crippen LogP contribution in [0.4, 0.5) is 0 Å². The number of pyridine rings is 1. The molecule has 1 N–H and O–H groups in total. The van der Waals surface area contributed by atoms with Crippen LogP contribution in [0.25, 0.3) is 11.3 Å². The van der Waals surface area contributed by atoms with Crippen molar-refractivity contribution in [2.75, 3.05) is 0 Å². The summed E-state index contributed by atoms with van der Waals surface area (Å²) >= 11 is 0. The number of hydrogen-bond acceptors (Lipinski definition) is 2. The molecule has 2 heterocycles. The number of rotatable bonds is 3. The molecule has 0 aromatic carbocycles. The molecule has 2 aliphatic rings. The van der Waals surface area contributed by atoms with Crippen LogP contribution in [0.15, 0.2) is 23.4 Å². The molecule has 0 saturated heterocycles. The standard InChI is InChI=1S/C17H21N3O/c21-17-14(15-9-18-11-19-15)8-13-6-1-2-7-16(13)20(17)10-12-4-3-5-12/h8-9,11-12H,1-7,10H2,(H,18,19). The predicted molar refractivity (Wildman–Crippen MR) is 82.3 cm³/mol. The average molecular weight is 283 g/mol. The molecular weight excluding hydrogens is 262 g/mol.